The molecule has 24 heavy (non-hydrogen) atoms. The van der Waals surface area contributed by atoms with Gasteiger partial charge in [0.1, 0.15) is 0 Å². The molecule has 0 fully saturated rings. The summed E-state index contributed by atoms with van der Waals surface area (Å²) in [7, 11) is 0. The van der Waals surface area contributed by atoms with Gasteiger partial charge >= 0.3 is 0 Å². The van der Waals surface area contributed by atoms with Crippen molar-refractivity contribution in [1.82, 2.24) is 0 Å². The lowest BCUT2D eigenvalue weighted by atomic mass is 10.0. The Morgan fingerprint density at radius 1 is 0.792 bits per heavy atom. The molecule has 0 heterocycles. The summed E-state index contributed by atoms with van der Waals surface area (Å²) in [5, 5.41) is 6.59. The fourth-order valence-corrected chi connectivity index (χ4v) is 2.64. The summed E-state index contributed by atoms with van der Waals surface area (Å²) in [6.45, 7) is 0.146. The summed E-state index contributed by atoms with van der Waals surface area (Å²) in [6.07, 6.45) is 0. The van der Waals surface area contributed by atoms with E-state index in [1.54, 1.807) is 6.07 Å². The molecule has 0 unspecified atom stereocenters. The van der Waals surface area contributed by atoms with Crippen LogP contribution in [0.1, 0.15) is 0 Å². The van der Waals surface area contributed by atoms with Gasteiger partial charge in [-0.05, 0) is 23.8 Å². The van der Waals surface area contributed by atoms with E-state index in [1.807, 2.05) is 72.8 Å². The third-order valence-corrected chi connectivity index (χ3v) is 3.93. The molecule has 0 spiro atoms. The number of para-hydroxylation sites is 2. The summed E-state index contributed by atoms with van der Waals surface area (Å²) < 4.78 is 0. The Labute approximate surface area is 146 Å². The van der Waals surface area contributed by atoms with Gasteiger partial charge in [-0.15, -0.1) is 0 Å². The molecule has 0 atom stereocenters. The molecule has 3 aromatic rings. The lowest BCUT2D eigenvalue weighted by Gasteiger charge is -2.12. The fraction of sp³-hybridized carbons (Fsp3) is 0.0500. The van der Waals surface area contributed by atoms with Crippen molar-refractivity contribution < 1.29 is 4.79 Å². The van der Waals surface area contributed by atoms with Crippen LogP contribution >= 0.6 is 11.6 Å². The highest BCUT2D eigenvalue weighted by molar-refractivity contribution is 6.33. The van der Waals surface area contributed by atoms with E-state index < -0.39 is 0 Å². The molecule has 0 radical (unpaired) electrons. The minimum absolute atomic E-state index is 0.127. The lowest BCUT2D eigenvalue weighted by molar-refractivity contribution is -0.114. The molecule has 0 saturated carbocycles. The van der Waals surface area contributed by atoms with Crippen molar-refractivity contribution in [3.05, 3.63) is 83.9 Å². The van der Waals surface area contributed by atoms with Crippen molar-refractivity contribution >= 4 is 28.9 Å². The average molecular weight is 337 g/mol. The van der Waals surface area contributed by atoms with E-state index in [0.29, 0.717) is 5.02 Å². The minimum atomic E-state index is -0.127. The second-order valence-electron chi connectivity index (χ2n) is 5.29. The molecule has 3 rings (SSSR count). The maximum absolute atomic E-state index is 12.3. The smallest absolute Gasteiger partial charge is 0.243 e. The topological polar surface area (TPSA) is 41.1 Å². The van der Waals surface area contributed by atoms with Crippen LogP contribution in [0, 0.1) is 0 Å². The number of rotatable bonds is 5. The minimum Gasteiger partial charge on any atom is -0.375 e. The predicted molar refractivity (Wildman–Crippen MR) is 100 cm³/mol. The van der Waals surface area contributed by atoms with Crippen molar-refractivity contribution in [2.24, 2.45) is 0 Å². The van der Waals surface area contributed by atoms with Crippen molar-refractivity contribution in [3.63, 3.8) is 0 Å². The van der Waals surface area contributed by atoms with Gasteiger partial charge in [0.2, 0.25) is 5.91 Å². The molecule has 3 aromatic carbocycles. The van der Waals surface area contributed by atoms with Crippen LogP contribution in [0.2, 0.25) is 5.02 Å². The highest BCUT2D eigenvalue weighted by atomic mass is 35.5. The number of hydrogen-bond donors (Lipinski definition) is 2. The van der Waals surface area contributed by atoms with E-state index in [4.69, 9.17) is 11.6 Å². The summed E-state index contributed by atoms with van der Waals surface area (Å²) in [4.78, 5) is 12.3. The van der Waals surface area contributed by atoms with Gasteiger partial charge < -0.3 is 10.6 Å². The molecule has 4 heteroatoms. The zero-order chi connectivity index (χ0) is 16.8. The van der Waals surface area contributed by atoms with Crippen LogP contribution in [0.15, 0.2) is 78.9 Å². The van der Waals surface area contributed by atoms with E-state index in [9.17, 15) is 4.79 Å². The first-order valence-electron chi connectivity index (χ1n) is 7.67. The van der Waals surface area contributed by atoms with Gasteiger partial charge in [-0.3, -0.25) is 4.79 Å². The Hall–Kier alpha value is -2.78. The van der Waals surface area contributed by atoms with E-state index in [2.05, 4.69) is 10.6 Å². The number of nitrogens with one attached hydrogen (secondary N) is 2. The Morgan fingerprint density at radius 3 is 2.17 bits per heavy atom. The van der Waals surface area contributed by atoms with Gasteiger partial charge in [-0.1, -0.05) is 72.3 Å². The fourth-order valence-electron chi connectivity index (χ4n) is 2.44. The van der Waals surface area contributed by atoms with Gasteiger partial charge in [-0.25, -0.2) is 0 Å². The van der Waals surface area contributed by atoms with Gasteiger partial charge in [-0.2, -0.15) is 0 Å². The molecule has 0 aliphatic carbocycles. The first-order chi connectivity index (χ1) is 11.7. The number of carbonyl (C=O) groups is 1. The first kappa shape index (κ1) is 16.1. The highest BCUT2D eigenvalue weighted by Crippen LogP contribution is 2.27. The Morgan fingerprint density at radius 2 is 1.42 bits per heavy atom. The van der Waals surface area contributed by atoms with Crippen molar-refractivity contribution in [3.8, 4) is 11.1 Å². The van der Waals surface area contributed by atoms with Crippen LogP contribution in [0.3, 0.4) is 0 Å². The van der Waals surface area contributed by atoms with Gasteiger partial charge in [0.15, 0.2) is 0 Å². The number of anilines is 2. The van der Waals surface area contributed by atoms with E-state index in [1.165, 1.54) is 0 Å². The third-order valence-electron chi connectivity index (χ3n) is 3.60. The number of halogens is 1. The maximum Gasteiger partial charge on any atom is 0.243 e. The number of hydrogen-bond acceptors (Lipinski definition) is 2. The van der Waals surface area contributed by atoms with E-state index >= 15 is 0 Å². The van der Waals surface area contributed by atoms with Gasteiger partial charge in [0, 0.05) is 11.3 Å². The molecule has 0 aromatic heterocycles. The Balaban J connectivity index is 1.70. The normalized spacial score (nSPS) is 10.2. The molecule has 3 nitrogen and oxygen atoms in total. The van der Waals surface area contributed by atoms with Crippen molar-refractivity contribution in [2.75, 3.05) is 17.2 Å². The molecule has 0 saturated heterocycles. The van der Waals surface area contributed by atoms with Crippen LogP contribution in [0.4, 0.5) is 11.4 Å². The van der Waals surface area contributed by atoms with Gasteiger partial charge in [0.25, 0.3) is 0 Å². The molecular weight excluding hydrogens is 320 g/mol. The summed E-state index contributed by atoms with van der Waals surface area (Å²) in [6, 6.07) is 25.1. The standard InChI is InChI=1S/C20H17ClN2O/c21-17-11-5-7-13-19(17)22-14-20(24)23-18-12-6-4-10-16(18)15-8-2-1-3-9-15/h1-13,22H,14H2,(H,23,24). The summed E-state index contributed by atoms with van der Waals surface area (Å²) >= 11 is 6.08. The highest BCUT2D eigenvalue weighted by Gasteiger charge is 2.08. The monoisotopic (exact) mass is 336 g/mol. The number of benzene rings is 3. The lowest BCUT2D eigenvalue weighted by Crippen LogP contribution is -2.22. The molecule has 0 aliphatic rings. The quantitative estimate of drug-likeness (QED) is 0.684. The third kappa shape index (κ3) is 3.94. The average Bonchev–Trinajstić information content (AvgIpc) is 2.62. The summed E-state index contributed by atoms with van der Waals surface area (Å²) in [5.41, 5.74) is 3.58. The Kier molecular flexibility index (Phi) is 5.14. The van der Waals surface area contributed by atoms with Crippen molar-refractivity contribution in [2.45, 2.75) is 0 Å². The van der Waals surface area contributed by atoms with Crippen molar-refractivity contribution in [1.29, 1.82) is 0 Å². The SMILES string of the molecule is O=C(CNc1ccccc1Cl)Nc1ccccc1-c1ccccc1. The van der Waals surface area contributed by atoms with Crippen LogP contribution in [-0.2, 0) is 4.79 Å². The molecular formula is C20H17ClN2O. The molecule has 0 bridgehead atoms. The van der Waals surface area contributed by atoms with Crippen LogP contribution in [0.25, 0.3) is 11.1 Å². The molecule has 120 valence electrons. The first-order valence-corrected chi connectivity index (χ1v) is 8.04. The number of carbonyl (C=O) groups excluding carboxylic acids is 1. The molecule has 2 N–H and O–H groups in total. The van der Waals surface area contributed by atoms with Crippen LogP contribution in [-0.4, -0.2) is 12.5 Å². The second kappa shape index (κ2) is 7.66. The molecule has 1 amide bonds. The van der Waals surface area contributed by atoms with Crippen LogP contribution in [0.5, 0.6) is 0 Å². The van der Waals surface area contributed by atoms with Gasteiger partial charge in [0.05, 0.1) is 17.3 Å². The largest absolute Gasteiger partial charge is 0.375 e. The number of amides is 1. The Bertz CT molecular complexity index is 834. The zero-order valence-electron chi connectivity index (χ0n) is 13.0. The second-order valence-corrected chi connectivity index (χ2v) is 5.70. The molecule has 0 aliphatic heterocycles. The van der Waals surface area contributed by atoms with E-state index in [0.717, 1.165) is 22.5 Å². The zero-order valence-corrected chi connectivity index (χ0v) is 13.8. The van der Waals surface area contributed by atoms with E-state index in [-0.39, 0.29) is 12.5 Å². The van der Waals surface area contributed by atoms with Crippen LogP contribution < -0.4 is 10.6 Å². The summed E-state index contributed by atoms with van der Waals surface area (Å²) in [5.74, 6) is -0.127. The maximum atomic E-state index is 12.3. The predicted octanol–water partition coefficient (Wildman–Crippen LogP) is 5.06.